The molecule has 1 heteroatoms. The van der Waals surface area contributed by atoms with Crippen LogP contribution in [0.4, 0.5) is 0 Å². The van der Waals surface area contributed by atoms with Gasteiger partial charge in [-0.15, -0.1) is 0 Å². The van der Waals surface area contributed by atoms with Crippen molar-refractivity contribution in [2.24, 2.45) is 10.8 Å². The first kappa shape index (κ1) is 15.8. The summed E-state index contributed by atoms with van der Waals surface area (Å²) in [5.41, 5.74) is 2.15. The molecule has 0 nitrogen and oxygen atoms in total. The fraction of sp³-hybridized carbons (Fsp3) is 0.529. The van der Waals surface area contributed by atoms with Gasteiger partial charge in [0.25, 0.3) is 0 Å². The van der Waals surface area contributed by atoms with E-state index in [1.807, 2.05) is 0 Å². The minimum absolute atomic E-state index is 0.109. The second-order valence-electron chi connectivity index (χ2n) is 7.09. The summed E-state index contributed by atoms with van der Waals surface area (Å²) in [6, 6.07) is 10.9. The molecule has 0 aliphatic heterocycles. The summed E-state index contributed by atoms with van der Waals surface area (Å²) in [7, 11) is 0. The van der Waals surface area contributed by atoms with Crippen molar-refractivity contribution in [3.8, 4) is 0 Å². The van der Waals surface area contributed by atoms with Crippen LogP contribution < -0.4 is 0 Å². The van der Waals surface area contributed by atoms with Crippen LogP contribution in [0, 0.1) is 10.8 Å². The molecule has 0 amide bonds. The molecular weight excluding hydrogens is 332 g/mol. The first-order valence-electron chi connectivity index (χ1n) is 6.58. The van der Waals surface area contributed by atoms with E-state index in [1.165, 1.54) is 10.0 Å². The fourth-order valence-corrected chi connectivity index (χ4v) is 5.29. The number of allylic oxidation sites excluding steroid dienone is 1. The van der Waals surface area contributed by atoms with Crippen molar-refractivity contribution < 1.29 is 0 Å². The van der Waals surface area contributed by atoms with Gasteiger partial charge in [0, 0.05) is 0 Å². The molecule has 0 atom stereocenters. The van der Waals surface area contributed by atoms with E-state index in [0.717, 1.165) is 0 Å². The predicted octanol–water partition coefficient (Wildman–Crippen LogP) is 5.24. The molecule has 0 saturated carbocycles. The Morgan fingerprint density at radius 2 is 1.56 bits per heavy atom. The van der Waals surface area contributed by atoms with Crippen molar-refractivity contribution in [2.75, 3.05) is 0 Å². The minimum atomic E-state index is -0.109. The van der Waals surface area contributed by atoms with E-state index in [9.17, 15) is 0 Å². The van der Waals surface area contributed by atoms with Crippen LogP contribution in [0.2, 0.25) is 4.47 Å². The summed E-state index contributed by atoms with van der Waals surface area (Å²) in [5, 5.41) is 0. The summed E-state index contributed by atoms with van der Waals surface area (Å²) in [5.74, 6) is 0. The zero-order chi connectivity index (χ0) is 13.8. The molecule has 0 unspecified atom stereocenters. The maximum absolute atomic E-state index is 2.48. The van der Waals surface area contributed by atoms with Crippen LogP contribution in [0.1, 0.15) is 47.1 Å². The van der Waals surface area contributed by atoms with Crippen LogP contribution in [0.25, 0.3) is 3.62 Å². The van der Waals surface area contributed by atoms with Crippen molar-refractivity contribution >= 4 is 24.5 Å². The van der Waals surface area contributed by atoms with Crippen molar-refractivity contribution in [3.63, 3.8) is 0 Å². The van der Waals surface area contributed by atoms with E-state index in [2.05, 4.69) is 78.0 Å². The first-order valence-corrected chi connectivity index (χ1v) is 9.40. The van der Waals surface area contributed by atoms with Gasteiger partial charge in [0.15, 0.2) is 0 Å². The van der Waals surface area contributed by atoms with E-state index in [4.69, 9.17) is 0 Å². The van der Waals surface area contributed by atoms with Crippen LogP contribution in [0.15, 0.2) is 36.4 Å². The molecule has 0 aromatic heterocycles. The third-order valence-corrected chi connectivity index (χ3v) is 7.06. The van der Waals surface area contributed by atoms with E-state index in [0.29, 0.717) is 5.41 Å². The van der Waals surface area contributed by atoms with E-state index < -0.39 is 0 Å². The molecule has 0 spiro atoms. The van der Waals surface area contributed by atoms with E-state index >= 15 is 0 Å². The molecule has 0 aliphatic rings. The second-order valence-corrected chi connectivity index (χ2v) is 9.99. The molecule has 0 aliphatic carbocycles. The number of benzene rings is 1. The monoisotopic (exact) mass is 360 g/mol. The van der Waals surface area contributed by atoms with Gasteiger partial charge in [0.05, 0.1) is 0 Å². The van der Waals surface area contributed by atoms with Gasteiger partial charge in [0.1, 0.15) is 0 Å². The number of hydrogen-bond acceptors (Lipinski definition) is 0. The average molecular weight is 358 g/mol. The third kappa shape index (κ3) is 6.62. The summed E-state index contributed by atoms with van der Waals surface area (Å²) in [6.45, 7) is 13.9. The van der Waals surface area contributed by atoms with Crippen molar-refractivity contribution in [3.05, 3.63) is 42.0 Å². The SMILES string of the molecule is CC(C)(C)/C=C(/[Te]CC(C)(C)C)c1ccccc1. The molecule has 0 N–H and O–H groups in total. The Balaban J connectivity index is 2.94. The van der Waals surface area contributed by atoms with Gasteiger partial charge in [-0.25, -0.2) is 0 Å². The molecule has 0 saturated heterocycles. The zero-order valence-electron chi connectivity index (χ0n) is 12.6. The molecule has 0 radical (unpaired) electrons. The van der Waals surface area contributed by atoms with Crippen LogP contribution in [-0.4, -0.2) is 20.9 Å². The Hall–Kier alpha value is -0.250. The number of hydrogen-bond donors (Lipinski definition) is 0. The van der Waals surface area contributed by atoms with E-state index in [1.54, 1.807) is 3.62 Å². The third-order valence-electron chi connectivity index (χ3n) is 2.28. The molecule has 18 heavy (non-hydrogen) atoms. The standard InChI is InChI=1S/C17H26Te/c1-16(2,3)12-15(18-13-17(4,5)6)14-10-8-7-9-11-14/h7-12H,13H2,1-6H3/b15-12+. The second kappa shape index (κ2) is 6.27. The Morgan fingerprint density at radius 3 is 2.00 bits per heavy atom. The topological polar surface area (TPSA) is 0 Å². The van der Waals surface area contributed by atoms with Gasteiger partial charge >= 0.3 is 123 Å². The normalized spacial score (nSPS) is 13.8. The average Bonchev–Trinajstić information content (AvgIpc) is 2.23. The number of rotatable bonds is 3. The maximum atomic E-state index is 2.48. The summed E-state index contributed by atoms with van der Waals surface area (Å²) in [4.78, 5) is 0. The van der Waals surface area contributed by atoms with Crippen LogP contribution in [-0.2, 0) is 0 Å². The van der Waals surface area contributed by atoms with Crippen LogP contribution in [0.5, 0.6) is 0 Å². The Labute approximate surface area is 123 Å². The first-order chi connectivity index (χ1) is 8.17. The van der Waals surface area contributed by atoms with Gasteiger partial charge in [-0.3, -0.25) is 0 Å². The molecule has 0 bridgehead atoms. The summed E-state index contributed by atoms with van der Waals surface area (Å²) >= 11 is -0.109. The van der Waals surface area contributed by atoms with Gasteiger partial charge < -0.3 is 0 Å². The van der Waals surface area contributed by atoms with Crippen LogP contribution in [0.3, 0.4) is 0 Å². The Morgan fingerprint density at radius 1 is 1.00 bits per heavy atom. The molecule has 0 fully saturated rings. The molecule has 1 aromatic rings. The fourth-order valence-electron chi connectivity index (χ4n) is 1.50. The Bertz CT molecular complexity index is 388. The summed E-state index contributed by atoms with van der Waals surface area (Å²) < 4.78 is 2.97. The van der Waals surface area contributed by atoms with Gasteiger partial charge in [-0.05, 0) is 0 Å². The molecule has 1 rings (SSSR count). The quantitative estimate of drug-likeness (QED) is 0.649. The predicted molar refractivity (Wildman–Crippen MR) is 83.9 cm³/mol. The molecule has 100 valence electrons. The Kier molecular flexibility index (Phi) is 5.50. The van der Waals surface area contributed by atoms with Gasteiger partial charge in [0.2, 0.25) is 0 Å². The van der Waals surface area contributed by atoms with E-state index in [-0.39, 0.29) is 26.3 Å². The van der Waals surface area contributed by atoms with Gasteiger partial charge in [-0.2, -0.15) is 0 Å². The van der Waals surface area contributed by atoms with Crippen LogP contribution >= 0.6 is 0 Å². The molecule has 1 aromatic carbocycles. The van der Waals surface area contributed by atoms with Gasteiger partial charge in [-0.1, -0.05) is 0 Å². The van der Waals surface area contributed by atoms with Crippen molar-refractivity contribution in [1.82, 2.24) is 0 Å². The zero-order valence-corrected chi connectivity index (χ0v) is 14.9. The molecular formula is C17H26Te. The van der Waals surface area contributed by atoms with Crippen molar-refractivity contribution in [1.29, 1.82) is 0 Å². The molecule has 0 heterocycles. The van der Waals surface area contributed by atoms with Crippen molar-refractivity contribution in [2.45, 2.75) is 46.0 Å². The summed E-state index contributed by atoms with van der Waals surface area (Å²) in [6.07, 6.45) is 2.48.